The quantitative estimate of drug-likeness (QED) is 0.791. The number of hydrogen-bond acceptors (Lipinski definition) is 3. The van der Waals surface area contributed by atoms with E-state index in [9.17, 15) is 4.79 Å². The molecule has 1 aromatic carbocycles. The number of carbonyl (C=O) groups is 1. The van der Waals surface area contributed by atoms with Crippen LogP contribution in [0.3, 0.4) is 0 Å². The van der Waals surface area contributed by atoms with Crippen LogP contribution in [0.25, 0.3) is 11.5 Å². The van der Waals surface area contributed by atoms with Gasteiger partial charge in [0.05, 0.1) is 6.20 Å². The number of anilines is 1. The third kappa shape index (κ3) is 1.48. The van der Waals surface area contributed by atoms with E-state index in [1.165, 1.54) is 0 Å². The number of rotatable bonds is 1. The summed E-state index contributed by atoms with van der Waals surface area (Å²) in [5, 5.41) is 2.84. The molecule has 2 aromatic rings. The highest BCUT2D eigenvalue weighted by molar-refractivity contribution is 5.94. The highest BCUT2D eigenvalue weighted by Gasteiger charge is 2.15. The number of amides is 1. The lowest BCUT2D eigenvalue weighted by Gasteiger charge is -2.16. The number of carbonyl (C=O) groups excluding carboxylic acids is 1. The molecule has 1 N–H and O–H groups in total. The molecular formula is C12H10N2O2. The van der Waals surface area contributed by atoms with Crippen LogP contribution < -0.4 is 5.32 Å². The first kappa shape index (κ1) is 9.15. The first-order valence-electron chi connectivity index (χ1n) is 5.15. The second kappa shape index (κ2) is 3.48. The van der Waals surface area contributed by atoms with Crippen molar-refractivity contribution in [1.82, 2.24) is 4.98 Å². The number of oxazole rings is 1. The van der Waals surface area contributed by atoms with Crippen molar-refractivity contribution in [2.24, 2.45) is 0 Å². The van der Waals surface area contributed by atoms with Crippen molar-refractivity contribution in [2.45, 2.75) is 12.8 Å². The van der Waals surface area contributed by atoms with Crippen molar-refractivity contribution >= 4 is 11.6 Å². The minimum Gasteiger partial charge on any atom is -0.445 e. The Kier molecular flexibility index (Phi) is 1.99. The van der Waals surface area contributed by atoms with Crippen molar-refractivity contribution in [3.8, 4) is 11.5 Å². The van der Waals surface area contributed by atoms with Gasteiger partial charge in [-0.15, -0.1) is 0 Å². The average molecular weight is 214 g/mol. The lowest BCUT2D eigenvalue weighted by Crippen LogP contribution is -2.18. The molecular weight excluding hydrogens is 204 g/mol. The summed E-state index contributed by atoms with van der Waals surface area (Å²) in [4.78, 5) is 15.3. The van der Waals surface area contributed by atoms with E-state index in [4.69, 9.17) is 4.42 Å². The van der Waals surface area contributed by atoms with Crippen molar-refractivity contribution in [1.29, 1.82) is 0 Å². The van der Waals surface area contributed by atoms with Gasteiger partial charge in [0.2, 0.25) is 11.8 Å². The van der Waals surface area contributed by atoms with Gasteiger partial charge in [-0.05, 0) is 30.2 Å². The number of fused-ring (bicyclic) bond motifs is 1. The Morgan fingerprint density at radius 1 is 1.31 bits per heavy atom. The molecule has 1 amide bonds. The first-order valence-corrected chi connectivity index (χ1v) is 5.15. The maximum atomic E-state index is 11.2. The molecule has 0 spiro atoms. The number of benzene rings is 1. The highest BCUT2D eigenvalue weighted by Crippen LogP contribution is 2.27. The van der Waals surface area contributed by atoms with Crippen LogP contribution in [0.5, 0.6) is 0 Å². The van der Waals surface area contributed by atoms with Gasteiger partial charge in [0.1, 0.15) is 6.26 Å². The van der Waals surface area contributed by atoms with E-state index < -0.39 is 0 Å². The van der Waals surface area contributed by atoms with Crippen LogP contribution in [-0.4, -0.2) is 10.9 Å². The Bertz CT molecular complexity index is 532. The molecule has 0 bridgehead atoms. The second-order valence-electron chi connectivity index (χ2n) is 3.76. The number of aromatic nitrogens is 1. The summed E-state index contributed by atoms with van der Waals surface area (Å²) in [6.45, 7) is 0. The van der Waals surface area contributed by atoms with E-state index in [1.54, 1.807) is 12.5 Å². The molecule has 0 fully saturated rings. The van der Waals surface area contributed by atoms with Crippen molar-refractivity contribution < 1.29 is 9.21 Å². The normalized spacial score (nSPS) is 14.4. The van der Waals surface area contributed by atoms with Gasteiger partial charge in [0, 0.05) is 17.7 Å². The Morgan fingerprint density at radius 3 is 3.06 bits per heavy atom. The number of aryl methyl sites for hydroxylation is 1. The molecule has 4 heteroatoms. The number of hydrogen-bond donors (Lipinski definition) is 1. The fourth-order valence-electron chi connectivity index (χ4n) is 1.88. The minimum atomic E-state index is 0.0800. The zero-order chi connectivity index (χ0) is 11.0. The summed E-state index contributed by atoms with van der Waals surface area (Å²) in [5.41, 5.74) is 2.97. The maximum Gasteiger partial charge on any atom is 0.225 e. The Balaban J connectivity index is 2.03. The highest BCUT2D eigenvalue weighted by atomic mass is 16.3. The Labute approximate surface area is 92.3 Å². The van der Waals surface area contributed by atoms with E-state index in [0.29, 0.717) is 12.3 Å². The standard InChI is InChI=1S/C12H10N2O2/c15-11-4-2-8-7-9(1-3-10(8)14-11)12-13-5-6-16-12/h1,3,5-7H,2,4H2,(H,14,15). The molecule has 0 aliphatic carbocycles. The lowest BCUT2D eigenvalue weighted by atomic mass is 10.0. The zero-order valence-corrected chi connectivity index (χ0v) is 8.56. The molecule has 3 rings (SSSR count). The van der Waals surface area contributed by atoms with Crippen LogP contribution >= 0.6 is 0 Å². The molecule has 0 atom stereocenters. The summed E-state index contributed by atoms with van der Waals surface area (Å²) >= 11 is 0. The summed E-state index contributed by atoms with van der Waals surface area (Å²) in [6.07, 6.45) is 4.49. The first-order chi connectivity index (χ1) is 7.83. The van der Waals surface area contributed by atoms with Gasteiger partial charge in [0.15, 0.2) is 0 Å². The summed E-state index contributed by atoms with van der Waals surface area (Å²) < 4.78 is 5.23. The molecule has 0 radical (unpaired) electrons. The van der Waals surface area contributed by atoms with Crippen molar-refractivity contribution in [2.75, 3.05) is 5.32 Å². The van der Waals surface area contributed by atoms with E-state index in [1.807, 2.05) is 18.2 Å². The Hall–Kier alpha value is -2.10. The molecule has 4 nitrogen and oxygen atoms in total. The molecule has 0 saturated carbocycles. The topological polar surface area (TPSA) is 55.1 Å². The molecule has 0 saturated heterocycles. The van der Waals surface area contributed by atoms with Crippen LogP contribution in [0.1, 0.15) is 12.0 Å². The van der Waals surface area contributed by atoms with Gasteiger partial charge in [-0.25, -0.2) is 4.98 Å². The summed E-state index contributed by atoms with van der Waals surface area (Å²) in [5.74, 6) is 0.691. The molecule has 2 heterocycles. The molecule has 80 valence electrons. The van der Waals surface area contributed by atoms with Gasteiger partial charge >= 0.3 is 0 Å². The van der Waals surface area contributed by atoms with Crippen LogP contribution in [0, 0.1) is 0 Å². The third-order valence-electron chi connectivity index (χ3n) is 2.68. The monoisotopic (exact) mass is 214 g/mol. The zero-order valence-electron chi connectivity index (χ0n) is 8.56. The number of nitrogens with zero attached hydrogens (tertiary/aromatic N) is 1. The van der Waals surface area contributed by atoms with Crippen LogP contribution in [0.2, 0.25) is 0 Å². The minimum absolute atomic E-state index is 0.0800. The molecule has 1 aromatic heterocycles. The third-order valence-corrected chi connectivity index (χ3v) is 2.68. The molecule has 0 unspecified atom stereocenters. The molecule has 1 aliphatic rings. The smallest absolute Gasteiger partial charge is 0.225 e. The van der Waals surface area contributed by atoms with E-state index in [2.05, 4.69) is 10.3 Å². The van der Waals surface area contributed by atoms with Crippen LogP contribution in [-0.2, 0) is 11.2 Å². The van der Waals surface area contributed by atoms with Crippen molar-refractivity contribution in [3.63, 3.8) is 0 Å². The predicted molar refractivity (Wildman–Crippen MR) is 58.9 cm³/mol. The molecule has 1 aliphatic heterocycles. The van der Waals surface area contributed by atoms with Gasteiger partial charge in [0.25, 0.3) is 0 Å². The summed E-state index contributed by atoms with van der Waals surface area (Å²) in [6, 6.07) is 5.81. The van der Waals surface area contributed by atoms with E-state index in [0.717, 1.165) is 23.2 Å². The van der Waals surface area contributed by atoms with E-state index >= 15 is 0 Å². The largest absolute Gasteiger partial charge is 0.445 e. The average Bonchev–Trinajstić information content (AvgIpc) is 2.82. The van der Waals surface area contributed by atoms with Crippen LogP contribution in [0.15, 0.2) is 35.1 Å². The number of nitrogens with one attached hydrogen (secondary N) is 1. The van der Waals surface area contributed by atoms with Gasteiger partial charge < -0.3 is 9.73 Å². The second-order valence-corrected chi connectivity index (χ2v) is 3.76. The van der Waals surface area contributed by atoms with Gasteiger partial charge in [-0.2, -0.15) is 0 Å². The van der Waals surface area contributed by atoms with Crippen LogP contribution in [0.4, 0.5) is 5.69 Å². The summed E-state index contributed by atoms with van der Waals surface area (Å²) in [7, 11) is 0. The predicted octanol–water partition coefficient (Wildman–Crippen LogP) is 2.23. The lowest BCUT2D eigenvalue weighted by molar-refractivity contribution is -0.116. The SMILES string of the molecule is O=C1CCc2cc(-c3ncco3)ccc2N1. The van der Waals surface area contributed by atoms with Gasteiger partial charge in [-0.1, -0.05) is 0 Å². The Morgan fingerprint density at radius 2 is 2.25 bits per heavy atom. The van der Waals surface area contributed by atoms with E-state index in [-0.39, 0.29) is 5.91 Å². The fourth-order valence-corrected chi connectivity index (χ4v) is 1.88. The fraction of sp³-hybridized carbons (Fsp3) is 0.167. The maximum absolute atomic E-state index is 11.2. The van der Waals surface area contributed by atoms with Crippen molar-refractivity contribution in [3.05, 3.63) is 36.2 Å². The molecule has 16 heavy (non-hydrogen) atoms. The van der Waals surface area contributed by atoms with Gasteiger partial charge in [-0.3, -0.25) is 4.79 Å².